The smallest absolute Gasteiger partial charge is 0.253 e. The van der Waals surface area contributed by atoms with Crippen molar-refractivity contribution in [2.24, 2.45) is 5.92 Å². The summed E-state index contributed by atoms with van der Waals surface area (Å²) in [6.45, 7) is 5.09. The van der Waals surface area contributed by atoms with Gasteiger partial charge in [0.1, 0.15) is 0 Å². The molecule has 3 nitrogen and oxygen atoms in total. The Balaban J connectivity index is 1.71. The minimum Gasteiger partial charge on any atom is -0.384 e. The molecule has 19 heavy (non-hydrogen) atoms. The number of anilines is 1. The number of rotatable bonds is 3. The number of carbonyl (C=O) groups excluding carboxylic acids is 1. The number of likely N-dealkylation sites (tertiary alicyclic amines) is 1. The molecule has 1 aromatic rings. The van der Waals surface area contributed by atoms with Crippen LogP contribution in [0.3, 0.4) is 0 Å². The van der Waals surface area contributed by atoms with Crippen LogP contribution in [0.5, 0.6) is 0 Å². The van der Waals surface area contributed by atoms with Crippen molar-refractivity contribution in [2.75, 3.05) is 25.0 Å². The van der Waals surface area contributed by atoms with Crippen molar-refractivity contribution in [3.8, 4) is 0 Å². The highest BCUT2D eigenvalue weighted by atomic mass is 16.2. The highest BCUT2D eigenvalue weighted by Crippen LogP contribution is 2.26. The van der Waals surface area contributed by atoms with E-state index in [0.717, 1.165) is 31.6 Å². The maximum absolute atomic E-state index is 12.5. The van der Waals surface area contributed by atoms with Crippen LogP contribution in [0.2, 0.25) is 0 Å². The van der Waals surface area contributed by atoms with Crippen LogP contribution in [0.4, 0.5) is 5.69 Å². The second kappa shape index (κ2) is 5.24. The lowest BCUT2D eigenvalue weighted by molar-refractivity contribution is 0.0786. The summed E-state index contributed by atoms with van der Waals surface area (Å²) < 4.78 is 0. The lowest BCUT2D eigenvalue weighted by Crippen LogP contribution is -2.28. The van der Waals surface area contributed by atoms with Gasteiger partial charge in [0.15, 0.2) is 0 Å². The first-order valence-corrected chi connectivity index (χ1v) is 7.44. The van der Waals surface area contributed by atoms with Gasteiger partial charge in [-0.1, -0.05) is 13.3 Å². The fourth-order valence-corrected chi connectivity index (χ4v) is 3.28. The van der Waals surface area contributed by atoms with Gasteiger partial charge in [-0.3, -0.25) is 4.79 Å². The van der Waals surface area contributed by atoms with Crippen LogP contribution in [0.25, 0.3) is 0 Å². The summed E-state index contributed by atoms with van der Waals surface area (Å²) in [5, 5.41) is 3.33. The van der Waals surface area contributed by atoms with Crippen LogP contribution >= 0.6 is 0 Å². The molecule has 2 heterocycles. The number of carbonyl (C=O) groups is 1. The van der Waals surface area contributed by atoms with Crippen molar-refractivity contribution >= 4 is 11.6 Å². The third kappa shape index (κ3) is 2.46. The van der Waals surface area contributed by atoms with Gasteiger partial charge < -0.3 is 10.2 Å². The third-order valence-corrected chi connectivity index (χ3v) is 4.33. The lowest BCUT2D eigenvalue weighted by Gasteiger charge is -2.17. The molecule has 1 saturated heterocycles. The molecule has 1 amide bonds. The zero-order chi connectivity index (χ0) is 13.2. The van der Waals surface area contributed by atoms with Crippen molar-refractivity contribution in [3.05, 3.63) is 29.3 Å². The van der Waals surface area contributed by atoms with Crippen molar-refractivity contribution in [1.29, 1.82) is 0 Å². The molecular weight excluding hydrogens is 236 g/mol. The van der Waals surface area contributed by atoms with E-state index < -0.39 is 0 Å². The molecule has 0 aromatic heterocycles. The number of hydrogen-bond donors (Lipinski definition) is 1. The van der Waals surface area contributed by atoms with E-state index in [-0.39, 0.29) is 5.91 Å². The average molecular weight is 258 g/mol. The predicted octanol–water partition coefficient (Wildman–Crippen LogP) is 2.92. The van der Waals surface area contributed by atoms with Gasteiger partial charge in [0.2, 0.25) is 0 Å². The van der Waals surface area contributed by atoms with Crippen LogP contribution < -0.4 is 5.32 Å². The molecule has 0 saturated carbocycles. The Morgan fingerprint density at radius 1 is 1.47 bits per heavy atom. The Labute approximate surface area is 115 Å². The van der Waals surface area contributed by atoms with E-state index in [0.29, 0.717) is 5.92 Å². The first kappa shape index (κ1) is 12.5. The Kier molecular flexibility index (Phi) is 3.45. The Hall–Kier alpha value is -1.51. The average Bonchev–Trinajstić information content (AvgIpc) is 3.05. The van der Waals surface area contributed by atoms with Crippen LogP contribution in [0, 0.1) is 5.92 Å². The Bertz CT molecular complexity index is 484. The summed E-state index contributed by atoms with van der Waals surface area (Å²) in [5.74, 6) is 0.929. The van der Waals surface area contributed by atoms with Crippen molar-refractivity contribution in [3.63, 3.8) is 0 Å². The molecule has 0 spiro atoms. The predicted molar refractivity (Wildman–Crippen MR) is 77.6 cm³/mol. The number of benzene rings is 1. The fourth-order valence-electron chi connectivity index (χ4n) is 3.28. The molecule has 2 aliphatic rings. The molecule has 0 radical (unpaired) electrons. The van der Waals surface area contributed by atoms with Crippen LogP contribution in [0.1, 0.15) is 42.1 Å². The summed E-state index contributed by atoms with van der Waals surface area (Å²) in [5.41, 5.74) is 3.34. The maximum Gasteiger partial charge on any atom is 0.253 e. The minimum atomic E-state index is 0.216. The van der Waals surface area contributed by atoms with Gasteiger partial charge in [0.05, 0.1) is 0 Å². The van der Waals surface area contributed by atoms with Crippen molar-refractivity contribution < 1.29 is 4.79 Å². The molecule has 2 aliphatic heterocycles. The molecule has 102 valence electrons. The third-order valence-electron chi connectivity index (χ3n) is 4.33. The standard InChI is InChI=1S/C16H22N2O/c1-2-3-12-7-9-18(11-12)16(19)14-4-5-15-13(10-14)6-8-17-15/h4-5,10,12,17H,2-3,6-9,11H2,1H3. The second-order valence-corrected chi connectivity index (χ2v) is 5.74. The molecule has 1 atom stereocenters. The van der Waals surface area contributed by atoms with Gasteiger partial charge in [-0.05, 0) is 48.9 Å². The topological polar surface area (TPSA) is 32.3 Å². The number of amides is 1. The lowest BCUT2D eigenvalue weighted by atomic mass is 10.0. The van der Waals surface area contributed by atoms with E-state index in [1.165, 1.54) is 30.5 Å². The van der Waals surface area contributed by atoms with Crippen molar-refractivity contribution in [2.45, 2.75) is 32.6 Å². The van der Waals surface area contributed by atoms with E-state index in [9.17, 15) is 4.79 Å². The molecule has 1 N–H and O–H groups in total. The first-order chi connectivity index (χ1) is 9.28. The number of nitrogens with one attached hydrogen (secondary N) is 1. The van der Waals surface area contributed by atoms with E-state index in [1.54, 1.807) is 0 Å². The molecule has 1 unspecified atom stereocenters. The first-order valence-electron chi connectivity index (χ1n) is 7.44. The SMILES string of the molecule is CCCC1CCN(C(=O)c2ccc3c(c2)CCN3)C1. The normalized spacial score (nSPS) is 21.3. The molecule has 3 heteroatoms. The minimum absolute atomic E-state index is 0.216. The molecule has 0 bridgehead atoms. The van der Waals surface area contributed by atoms with Gasteiger partial charge in [-0.25, -0.2) is 0 Å². The molecule has 1 aromatic carbocycles. The van der Waals surface area contributed by atoms with Gasteiger partial charge in [-0.15, -0.1) is 0 Å². The van der Waals surface area contributed by atoms with Crippen LogP contribution in [-0.4, -0.2) is 30.4 Å². The molecule has 1 fully saturated rings. The summed E-state index contributed by atoms with van der Waals surface area (Å²) in [6.07, 6.45) is 4.68. The number of fused-ring (bicyclic) bond motifs is 1. The largest absolute Gasteiger partial charge is 0.384 e. The quantitative estimate of drug-likeness (QED) is 0.904. The monoisotopic (exact) mass is 258 g/mol. The molecule has 3 rings (SSSR count). The maximum atomic E-state index is 12.5. The summed E-state index contributed by atoms with van der Waals surface area (Å²) in [7, 11) is 0. The van der Waals surface area contributed by atoms with Gasteiger partial charge in [0.25, 0.3) is 5.91 Å². The van der Waals surface area contributed by atoms with Gasteiger partial charge in [0, 0.05) is 30.9 Å². The van der Waals surface area contributed by atoms with Gasteiger partial charge >= 0.3 is 0 Å². The zero-order valence-electron chi connectivity index (χ0n) is 11.6. The van der Waals surface area contributed by atoms with E-state index in [4.69, 9.17) is 0 Å². The summed E-state index contributed by atoms with van der Waals surface area (Å²) in [6, 6.07) is 6.09. The van der Waals surface area contributed by atoms with Gasteiger partial charge in [-0.2, -0.15) is 0 Å². The Morgan fingerprint density at radius 2 is 2.37 bits per heavy atom. The molecule has 0 aliphatic carbocycles. The summed E-state index contributed by atoms with van der Waals surface area (Å²) >= 11 is 0. The van der Waals surface area contributed by atoms with E-state index in [1.807, 2.05) is 11.0 Å². The fraction of sp³-hybridized carbons (Fsp3) is 0.562. The highest BCUT2D eigenvalue weighted by Gasteiger charge is 2.26. The zero-order valence-corrected chi connectivity index (χ0v) is 11.6. The van der Waals surface area contributed by atoms with E-state index >= 15 is 0 Å². The number of nitrogens with zero attached hydrogens (tertiary/aromatic N) is 1. The van der Waals surface area contributed by atoms with E-state index in [2.05, 4.69) is 24.4 Å². The van der Waals surface area contributed by atoms with Crippen LogP contribution in [0.15, 0.2) is 18.2 Å². The number of hydrogen-bond acceptors (Lipinski definition) is 2. The highest BCUT2D eigenvalue weighted by molar-refractivity contribution is 5.95. The van der Waals surface area contributed by atoms with Crippen molar-refractivity contribution in [1.82, 2.24) is 4.90 Å². The second-order valence-electron chi connectivity index (χ2n) is 5.74. The Morgan fingerprint density at radius 3 is 3.21 bits per heavy atom. The molecular formula is C16H22N2O. The van der Waals surface area contributed by atoms with Crippen LogP contribution in [-0.2, 0) is 6.42 Å². The summed E-state index contributed by atoms with van der Waals surface area (Å²) in [4.78, 5) is 14.5.